The number of aromatic hydroxyl groups is 1. The summed E-state index contributed by atoms with van der Waals surface area (Å²) >= 11 is 0. The molecule has 2 amide bonds. The minimum absolute atomic E-state index is 0.00796. The number of piperazine rings is 1. The van der Waals surface area contributed by atoms with Gasteiger partial charge in [-0.25, -0.2) is 9.59 Å². The molecule has 1 atom stereocenters. The van der Waals surface area contributed by atoms with Crippen LogP contribution in [0.2, 0.25) is 0 Å². The molecule has 0 bridgehead atoms. The molecule has 1 saturated heterocycles. The van der Waals surface area contributed by atoms with Crippen LogP contribution >= 0.6 is 0 Å². The van der Waals surface area contributed by atoms with Crippen molar-refractivity contribution in [2.45, 2.75) is 26.8 Å². The van der Waals surface area contributed by atoms with Crippen molar-refractivity contribution in [3.63, 3.8) is 0 Å². The number of benzene rings is 2. The Balaban J connectivity index is 1.57. The zero-order valence-electron chi connectivity index (χ0n) is 21.3. The van der Waals surface area contributed by atoms with Gasteiger partial charge in [-0.3, -0.25) is 4.90 Å². The number of methoxy groups -OCH3 is 1. The van der Waals surface area contributed by atoms with Gasteiger partial charge >= 0.3 is 12.0 Å². The van der Waals surface area contributed by atoms with Gasteiger partial charge in [0.05, 0.1) is 25.3 Å². The van der Waals surface area contributed by atoms with Gasteiger partial charge in [-0.05, 0) is 55.7 Å². The molecule has 1 unspecified atom stereocenters. The Kier molecular flexibility index (Phi) is 7.69. The van der Waals surface area contributed by atoms with E-state index in [9.17, 15) is 14.7 Å². The van der Waals surface area contributed by atoms with Gasteiger partial charge in [-0.2, -0.15) is 0 Å². The zero-order valence-corrected chi connectivity index (χ0v) is 21.3. The SMILES string of the molecule is CCOc1cc(C2NC(=O)NC(CN3CCN(c4cc(C)ccc4C)CC3)=C2C(=O)OC)ccc1O. The first-order chi connectivity index (χ1) is 17.3. The lowest BCUT2D eigenvalue weighted by Gasteiger charge is -2.38. The molecule has 192 valence electrons. The number of carbonyl (C=O) groups excluding carboxylic acids is 2. The maximum absolute atomic E-state index is 12.9. The van der Waals surface area contributed by atoms with Crippen LogP contribution in [0.1, 0.15) is 29.7 Å². The molecule has 2 aliphatic heterocycles. The molecule has 0 saturated carbocycles. The zero-order chi connectivity index (χ0) is 25.8. The normalized spacial score (nSPS) is 18.5. The van der Waals surface area contributed by atoms with Gasteiger partial charge in [-0.15, -0.1) is 0 Å². The summed E-state index contributed by atoms with van der Waals surface area (Å²) in [4.78, 5) is 30.1. The van der Waals surface area contributed by atoms with Gasteiger partial charge in [0.1, 0.15) is 0 Å². The molecule has 36 heavy (non-hydrogen) atoms. The fourth-order valence-corrected chi connectivity index (χ4v) is 4.76. The predicted octanol–water partition coefficient (Wildman–Crippen LogP) is 3.01. The second kappa shape index (κ2) is 10.9. The molecular formula is C27H34N4O5. The van der Waals surface area contributed by atoms with Gasteiger partial charge in [0, 0.05) is 44.1 Å². The number of phenolic OH excluding ortho intramolecular Hbond substituents is 1. The van der Waals surface area contributed by atoms with Crippen LogP contribution in [-0.2, 0) is 9.53 Å². The van der Waals surface area contributed by atoms with Crippen LogP contribution in [0.25, 0.3) is 0 Å². The van der Waals surface area contributed by atoms with Crippen LogP contribution in [0, 0.1) is 13.8 Å². The lowest BCUT2D eigenvalue weighted by Crippen LogP contribution is -2.51. The van der Waals surface area contributed by atoms with E-state index in [0.29, 0.717) is 30.0 Å². The number of hydrogen-bond donors (Lipinski definition) is 3. The third-order valence-electron chi connectivity index (χ3n) is 6.64. The molecule has 2 heterocycles. The Morgan fingerprint density at radius 1 is 1.11 bits per heavy atom. The van der Waals surface area contributed by atoms with Crippen molar-refractivity contribution in [1.82, 2.24) is 15.5 Å². The molecule has 0 radical (unpaired) electrons. The van der Waals surface area contributed by atoms with Gasteiger partial charge in [0.15, 0.2) is 11.5 Å². The molecule has 1 fully saturated rings. The van der Waals surface area contributed by atoms with Crippen LogP contribution in [0.3, 0.4) is 0 Å². The third-order valence-corrected chi connectivity index (χ3v) is 6.64. The average molecular weight is 495 g/mol. The molecule has 2 aromatic carbocycles. The Bertz CT molecular complexity index is 1170. The Morgan fingerprint density at radius 3 is 2.56 bits per heavy atom. The van der Waals surface area contributed by atoms with Crippen molar-refractivity contribution in [3.8, 4) is 11.5 Å². The first-order valence-corrected chi connectivity index (χ1v) is 12.2. The number of amides is 2. The number of nitrogens with zero attached hydrogens (tertiary/aromatic N) is 2. The number of aryl methyl sites for hydroxylation is 2. The number of carbonyl (C=O) groups is 2. The van der Waals surface area contributed by atoms with Gasteiger partial charge in [0.25, 0.3) is 0 Å². The fraction of sp³-hybridized carbons (Fsp3) is 0.407. The average Bonchev–Trinajstić information content (AvgIpc) is 2.87. The van der Waals surface area contributed by atoms with Gasteiger partial charge in [0.2, 0.25) is 0 Å². The van der Waals surface area contributed by atoms with E-state index in [1.807, 2.05) is 6.92 Å². The first kappa shape index (κ1) is 25.4. The summed E-state index contributed by atoms with van der Waals surface area (Å²) in [5, 5.41) is 15.8. The molecular weight excluding hydrogens is 460 g/mol. The monoisotopic (exact) mass is 494 g/mol. The minimum atomic E-state index is -0.739. The van der Waals surface area contributed by atoms with Crippen molar-refractivity contribution in [1.29, 1.82) is 0 Å². The molecule has 4 rings (SSSR count). The largest absolute Gasteiger partial charge is 0.504 e. The summed E-state index contributed by atoms with van der Waals surface area (Å²) in [6, 6.07) is 10.1. The highest BCUT2D eigenvalue weighted by Crippen LogP contribution is 2.34. The number of anilines is 1. The third kappa shape index (κ3) is 5.41. The van der Waals surface area contributed by atoms with Crippen molar-refractivity contribution in [3.05, 3.63) is 64.4 Å². The van der Waals surface area contributed by atoms with E-state index in [1.54, 1.807) is 12.1 Å². The van der Waals surface area contributed by atoms with E-state index < -0.39 is 18.0 Å². The minimum Gasteiger partial charge on any atom is -0.504 e. The fourth-order valence-electron chi connectivity index (χ4n) is 4.76. The molecule has 3 N–H and O–H groups in total. The molecule has 0 spiro atoms. The molecule has 2 aromatic rings. The van der Waals surface area contributed by atoms with Crippen LogP contribution in [0.4, 0.5) is 10.5 Å². The summed E-state index contributed by atoms with van der Waals surface area (Å²) in [5.74, 6) is -0.245. The van der Waals surface area contributed by atoms with Gasteiger partial charge in [-0.1, -0.05) is 18.2 Å². The highest BCUT2D eigenvalue weighted by atomic mass is 16.5. The van der Waals surface area contributed by atoms with E-state index in [-0.39, 0.29) is 11.5 Å². The van der Waals surface area contributed by atoms with Crippen LogP contribution in [0.15, 0.2) is 47.7 Å². The van der Waals surface area contributed by atoms with Crippen molar-refractivity contribution in [2.24, 2.45) is 0 Å². The smallest absolute Gasteiger partial charge is 0.338 e. The number of rotatable bonds is 7. The highest BCUT2D eigenvalue weighted by molar-refractivity contribution is 5.95. The summed E-state index contributed by atoms with van der Waals surface area (Å²) in [6.45, 7) is 10.1. The first-order valence-electron chi connectivity index (χ1n) is 12.2. The van der Waals surface area contributed by atoms with Crippen LogP contribution < -0.4 is 20.3 Å². The Hall–Kier alpha value is -3.72. The molecule has 9 heteroatoms. The number of urea groups is 1. The van der Waals surface area contributed by atoms with Crippen LogP contribution in [0.5, 0.6) is 11.5 Å². The number of esters is 1. The number of ether oxygens (including phenoxy) is 2. The number of nitrogens with one attached hydrogen (secondary N) is 2. The van der Waals surface area contributed by atoms with E-state index in [4.69, 9.17) is 9.47 Å². The van der Waals surface area contributed by atoms with Crippen molar-refractivity contribution >= 4 is 17.7 Å². The molecule has 9 nitrogen and oxygen atoms in total. The summed E-state index contributed by atoms with van der Waals surface area (Å²) < 4.78 is 10.6. The van der Waals surface area contributed by atoms with Crippen LogP contribution in [-0.4, -0.2) is 68.4 Å². The number of phenols is 1. The standard InChI is InChI=1S/C27H34N4O5/c1-5-36-23-15-19(8-9-22(23)32)25-24(26(33)35-4)20(28-27(34)29-25)16-30-10-12-31(13-11-30)21-14-17(2)6-7-18(21)3/h6-9,14-15,25,32H,5,10-13,16H2,1-4H3,(H2,28,29,34). The highest BCUT2D eigenvalue weighted by Gasteiger charge is 2.35. The topological polar surface area (TPSA) is 103 Å². The molecule has 2 aliphatic rings. The number of hydrogen-bond acceptors (Lipinski definition) is 7. The lowest BCUT2D eigenvalue weighted by molar-refractivity contribution is -0.136. The van der Waals surface area contributed by atoms with Crippen molar-refractivity contribution in [2.75, 3.05) is 51.3 Å². The quantitative estimate of drug-likeness (QED) is 0.509. The maximum Gasteiger partial charge on any atom is 0.338 e. The predicted molar refractivity (Wildman–Crippen MR) is 137 cm³/mol. The Labute approximate surface area is 211 Å². The van der Waals surface area contributed by atoms with E-state index in [1.165, 1.54) is 30.0 Å². The van der Waals surface area contributed by atoms with E-state index in [2.05, 4.69) is 52.5 Å². The molecule has 0 aromatic heterocycles. The van der Waals surface area contributed by atoms with E-state index in [0.717, 1.165) is 26.2 Å². The maximum atomic E-state index is 12.9. The summed E-state index contributed by atoms with van der Waals surface area (Å²) in [5.41, 5.74) is 5.19. The van der Waals surface area contributed by atoms with E-state index >= 15 is 0 Å². The lowest BCUT2D eigenvalue weighted by atomic mass is 9.94. The second-order valence-electron chi connectivity index (χ2n) is 9.13. The van der Waals surface area contributed by atoms with Gasteiger partial charge < -0.3 is 30.1 Å². The van der Waals surface area contributed by atoms with Crippen molar-refractivity contribution < 1.29 is 24.2 Å². The molecule has 0 aliphatic carbocycles. The summed E-state index contributed by atoms with van der Waals surface area (Å²) in [7, 11) is 1.33. The Morgan fingerprint density at radius 2 is 1.86 bits per heavy atom. The summed E-state index contributed by atoms with van der Waals surface area (Å²) in [6.07, 6.45) is 0. The second-order valence-corrected chi connectivity index (χ2v) is 9.13.